The molecule has 2 aromatic heterocycles. The normalized spacial score (nSPS) is 16.4. The third-order valence-electron chi connectivity index (χ3n) is 5.64. The van der Waals surface area contributed by atoms with Gasteiger partial charge in [0.05, 0.1) is 18.2 Å². The number of aromatic nitrogens is 5. The van der Waals surface area contributed by atoms with Gasteiger partial charge in [0.2, 0.25) is 0 Å². The van der Waals surface area contributed by atoms with Gasteiger partial charge in [-0.1, -0.05) is 26.2 Å². The molecule has 1 unspecified atom stereocenters. The molecular weight excluding hydrogens is 354 g/mol. The minimum atomic E-state index is -0.00882. The van der Waals surface area contributed by atoms with E-state index >= 15 is 0 Å². The number of benzene rings is 1. The second kappa shape index (κ2) is 8.12. The van der Waals surface area contributed by atoms with Crippen molar-refractivity contribution >= 4 is 10.9 Å². The Hall–Kier alpha value is -2.70. The van der Waals surface area contributed by atoms with Crippen LogP contribution in [0.5, 0.6) is 5.75 Å². The van der Waals surface area contributed by atoms with Crippen molar-refractivity contribution in [3.63, 3.8) is 0 Å². The Morgan fingerprint density at radius 2 is 2.00 bits per heavy atom. The highest BCUT2D eigenvalue weighted by molar-refractivity contribution is 5.80. The molecule has 28 heavy (non-hydrogen) atoms. The second-order valence-corrected chi connectivity index (χ2v) is 7.90. The fourth-order valence-electron chi connectivity index (χ4n) is 4.02. The molecule has 4 rings (SSSR count). The lowest BCUT2D eigenvalue weighted by atomic mass is 9.95. The lowest BCUT2D eigenvalue weighted by Crippen LogP contribution is -2.20. The van der Waals surface area contributed by atoms with Crippen LogP contribution < -0.4 is 10.3 Å². The quantitative estimate of drug-likeness (QED) is 0.655. The molecule has 0 aliphatic heterocycles. The number of fused-ring (bicyclic) bond motifs is 1. The molecule has 1 aromatic carbocycles. The Balaban J connectivity index is 1.39. The molecule has 148 valence electrons. The van der Waals surface area contributed by atoms with E-state index in [1.54, 1.807) is 17.7 Å². The zero-order valence-electron chi connectivity index (χ0n) is 16.5. The smallest absolute Gasteiger partial charge is 0.250 e. The van der Waals surface area contributed by atoms with Crippen LogP contribution in [0.25, 0.3) is 10.9 Å². The largest absolute Gasteiger partial charge is 0.493 e. The summed E-state index contributed by atoms with van der Waals surface area (Å²) in [6.45, 7) is 2.75. The monoisotopic (exact) mass is 381 g/mol. The van der Waals surface area contributed by atoms with Gasteiger partial charge in [-0.05, 0) is 53.5 Å². The minimum Gasteiger partial charge on any atom is -0.493 e. The molecule has 1 aliphatic carbocycles. The standard InChI is InChI=1S/C21H27N5O2/c1-15(12-20-22-23-24-26(20)17-6-4-3-5-7-17)14-28-18-9-10-19-16(13-18)8-11-21(27)25(19)2/h8-11,13,15,17H,3-7,12,14H2,1-2H3. The van der Waals surface area contributed by atoms with Crippen molar-refractivity contribution in [2.24, 2.45) is 13.0 Å². The first-order chi connectivity index (χ1) is 13.6. The number of nitrogens with zero attached hydrogens (tertiary/aromatic N) is 5. The predicted octanol–water partition coefficient (Wildman–Crippen LogP) is 3.29. The van der Waals surface area contributed by atoms with E-state index < -0.39 is 0 Å². The van der Waals surface area contributed by atoms with E-state index in [1.165, 1.54) is 32.1 Å². The zero-order chi connectivity index (χ0) is 19.5. The van der Waals surface area contributed by atoms with E-state index in [0.29, 0.717) is 18.6 Å². The van der Waals surface area contributed by atoms with E-state index in [-0.39, 0.29) is 5.56 Å². The maximum atomic E-state index is 11.7. The first-order valence-electron chi connectivity index (χ1n) is 10.1. The molecule has 0 radical (unpaired) electrons. The maximum absolute atomic E-state index is 11.7. The summed E-state index contributed by atoms with van der Waals surface area (Å²) in [5, 5.41) is 13.4. The number of hydrogen-bond acceptors (Lipinski definition) is 5. The number of rotatable bonds is 6. The Morgan fingerprint density at radius 1 is 1.18 bits per heavy atom. The van der Waals surface area contributed by atoms with Gasteiger partial charge < -0.3 is 9.30 Å². The third-order valence-corrected chi connectivity index (χ3v) is 5.64. The summed E-state index contributed by atoms with van der Waals surface area (Å²) < 4.78 is 9.69. The first-order valence-corrected chi connectivity index (χ1v) is 10.1. The summed E-state index contributed by atoms with van der Waals surface area (Å²) in [5.41, 5.74) is 0.894. The van der Waals surface area contributed by atoms with E-state index in [2.05, 4.69) is 22.4 Å². The predicted molar refractivity (Wildman–Crippen MR) is 107 cm³/mol. The Labute approximate surface area is 164 Å². The van der Waals surface area contributed by atoms with Crippen LogP contribution >= 0.6 is 0 Å². The van der Waals surface area contributed by atoms with Crippen molar-refractivity contribution in [1.29, 1.82) is 0 Å². The van der Waals surface area contributed by atoms with E-state index in [0.717, 1.165) is 28.9 Å². The average molecular weight is 381 g/mol. The van der Waals surface area contributed by atoms with Crippen LogP contribution in [-0.2, 0) is 13.5 Å². The topological polar surface area (TPSA) is 74.8 Å². The number of ether oxygens (including phenoxy) is 1. The molecule has 0 amide bonds. The van der Waals surface area contributed by atoms with Crippen LogP contribution in [0.4, 0.5) is 0 Å². The van der Waals surface area contributed by atoms with Crippen LogP contribution in [0.2, 0.25) is 0 Å². The van der Waals surface area contributed by atoms with Gasteiger partial charge in [-0.3, -0.25) is 4.79 Å². The molecule has 3 aromatic rings. The minimum absolute atomic E-state index is 0.00882. The Morgan fingerprint density at radius 3 is 2.82 bits per heavy atom. The van der Waals surface area contributed by atoms with Crippen LogP contribution in [0.1, 0.15) is 50.9 Å². The highest BCUT2D eigenvalue weighted by Gasteiger charge is 2.21. The van der Waals surface area contributed by atoms with Gasteiger partial charge in [-0.15, -0.1) is 5.10 Å². The molecule has 0 N–H and O–H groups in total. The van der Waals surface area contributed by atoms with Gasteiger partial charge in [0.15, 0.2) is 5.82 Å². The fraction of sp³-hybridized carbons (Fsp3) is 0.524. The third kappa shape index (κ3) is 3.93. The van der Waals surface area contributed by atoms with Gasteiger partial charge in [-0.25, -0.2) is 4.68 Å². The SMILES string of the molecule is CC(COc1ccc2c(ccc(=O)n2C)c1)Cc1nnnn1C1CCCCC1. The van der Waals surface area contributed by atoms with Crippen molar-refractivity contribution in [3.8, 4) is 5.75 Å². The molecule has 2 heterocycles. The lowest BCUT2D eigenvalue weighted by molar-refractivity contribution is 0.251. The van der Waals surface area contributed by atoms with Gasteiger partial charge in [0.25, 0.3) is 5.56 Å². The number of pyridine rings is 1. The molecular formula is C21H27N5O2. The van der Waals surface area contributed by atoms with E-state index in [1.807, 2.05) is 28.9 Å². The summed E-state index contributed by atoms with van der Waals surface area (Å²) in [6, 6.07) is 9.69. The van der Waals surface area contributed by atoms with Crippen molar-refractivity contribution in [1.82, 2.24) is 24.8 Å². The van der Waals surface area contributed by atoms with Crippen LogP contribution in [0.15, 0.2) is 35.1 Å². The molecule has 1 atom stereocenters. The fourth-order valence-corrected chi connectivity index (χ4v) is 4.02. The summed E-state index contributed by atoms with van der Waals surface area (Å²) in [6.07, 6.45) is 6.97. The lowest BCUT2D eigenvalue weighted by Gasteiger charge is -2.23. The van der Waals surface area contributed by atoms with Gasteiger partial charge in [0, 0.05) is 24.9 Å². The molecule has 1 fully saturated rings. The number of aryl methyl sites for hydroxylation is 1. The second-order valence-electron chi connectivity index (χ2n) is 7.90. The number of hydrogen-bond donors (Lipinski definition) is 0. The van der Waals surface area contributed by atoms with Gasteiger partial charge in [-0.2, -0.15) is 0 Å². The zero-order valence-corrected chi connectivity index (χ0v) is 16.5. The van der Waals surface area contributed by atoms with Gasteiger partial charge >= 0.3 is 0 Å². The summed E-state index contributed by atoms with van der Waals surface area (Å²) in [5.74, 6) is 2.06. The van der Waals surface area contributed by atoms with Crippen molar-refractivity contribution in [2.45, 2.75) is 51.5 Å². The van der Waals surface area contributed by atoms with Crippen molar-refractivity contribution < 1.29 is 4.74 Å². The number of tetrazole rings is 1. The van der Waals surface area contributed by atoms with Crippen molar-refractivity contribution in [3.05, 3.63) is 46.5 Å². The van der Waals surface area contributed by atoms with Crippen LogP contribution in [0, 0.1) is 5.92 Å². The highest BCUT2D eigenvalue weighted by atomic mass is 16.5. The molecule has 0 saturated heterocycles. The van der Waals surface area contributed by atoms with E-state index in [9.17, 15) is 4.79 Å². The summed E-state index contributed by atoms with van der Waals surface area (Å²) in [7, 11) is 1.78. The molecule has 0 bridgehead atoms. The highest BCUT2D eigenvalue weighted by Crippen LogP contribution is 2.28. The average Bonchev–Trinajstić information content (AvgIpc) is 3.18. The maximum Gasteiger partial charge on any atom is 0.250 e. The molecule has 1 aliphatic rings. The summed E-state index contributed by atoms with van der Waals surface area (Å²) >= 11 is 0. The molecule has 7 heteroatoms. The van der Waals surface area contributed by atoms with Gasteiger partial charge in [0.1, 0.15) is 5.75 Å². The van der Waals surface area contributed by atoms with Crippen LogP contribution in [-0.4, -0.2) is 31.4 Å². The summed E-state index contributed by atoms with van der Waals surface area (Å²) in [4.78, 5) is 11.7. The Bertz CT molecular complexity index is 1000. The van der Waals surface area contributed by atoms with Crippen LogP contribution in [0.3, 0.4) is 0 Å². The molecule has 1 saturated carbocycles. The van der Waals surface area contributed by atoms with Crippen molar-refractivity contribution in [2.75, 3.05) is 6.61 Å². The Kier molecular flexibility index (Phi) is 5.41. The molecule has 7 nitrogen and oxygen atoms in total. The molecule has 0 spiro atoms. The first kappa shape index (κ1) is 18.7. The van der Waals surface area contributed by atoms with E-state index in [4.69, 9.17) is 4.74 Å².